The van der Waals surface area contributed by atoms with Crippen molar-refractivity contribution < 1.29 is 9.53 Å². The molecule has 4 heterocycles. The molecule has 0 N–H and O–H groups in total. The zero-order chi connectivity index (χ0) is 22.2. The summed E-state index contributed by atoms with van der Waals surface area (Å²) in [5.41, 5.74) is 3.16. The van der Waals surface area contributed by atoms with E-state index in [0.29, 0.717) is 23.3 Å². The van der Waals surface area contributed by atoms with Crippen LogP contribution in [0, 0.1) is 6.92 Å². The zero-order valence-corrected chi connectivity index (χ0v) is 19.8. The van der Waals surface area contributed by atoms with E-state index >= 15 is 0 Å². The number of likely N-dealkylation sites (N-methyl/N-ethyl adjacent to an activating group) is 1. The fraction of sp³-hybridized carbons (Fsp3) is 0.480. The van der Waals surface area contributed by atoms with Crippen LogP contribution in [-0.4, -0.2) is 57.4 Å². The van der Waals surface area contributed by atoms with Crippen LogP contribution in [0.15, 0.2) is 36.5 Å². The lowest BCUT2D eigenvalue weighted by molar-refractivity contribution is -0.134. The van der Waals surface area contributed by atoms with Gasteiger partial charge in [0, 0.05) is 37.8 Å². The Labute approximate surface area is 193 Å². The predicted molar refractivity (Wildman–Crippen MR) is 127 cm³/mol. The highest BCUT2D eigenvalue weighted by molar-refractivity contribution is 7.20. The number of thiazole rings is 1. The molecule has 2 aliphatic rings. The maximum Gasteiger partial charge on any atom is 0.281 e. The summed E-state index contributed by atoms with van der Waals surface area (Å²) in [7, 11) is 2.23. The number of benzene rings is 1. The van der Waals surface area contributed by atoms with Gasteiger partial charge in [0.05, 0.1) is 4.70 Å². The molecule has 168 valence electrons. The van der Waals surface area contributed by atoms with E-state index in [-0.39, 0.29) is 5.91 Å². The highest BCUT2D eigenvalue weighted by Gasteiger charge is 2.42. The number of hydrogen-bond donors (Lipinski definition) is 0. The Morgan fingerprint density at radius 2 is 1.94 bits per heavy atom. The molecule has 2 bridgehead atoms. The standard InChI is InChI=1S/C25H30N4O2S/c1-16-12-23-24(26-15-16)27-25(32-23)31-22-8-4-18(5-9-22)10-11-28(3)21-13-19-6-7-20(14-21)29(19)17(2)30/h4-5,8-9,12,15,19-21H,6-7,10-11,13-14H2,1-3H3/t19-,20+,21?. The number of carbonyl (C=O) groups excluding carboxylic acids is 1. The van der Waals surface area contributed by atoms with Crippen LogP contribution in [-0.2, 0) is 11.2 Å². The summed E-state index contributed by atoms with van der Waals surface area (Å²) in [5.74, 6) is 1.05. The molecule has 0 saturated carbocycles. The minimum atomic E-state index is 0.248. The van der Waals surface area contributed by atoms with Gasteiger partial charge in [0.15, 0.2) is 5.65 Å². The van der Waals surface area contributed by atoms with Gasteiger partial charge in [-0.05, 0) is 75.4 Å². The molecule has 2 fully saturated rings. The van der Waals surface area contributed by atoms with Crippen LogP contribution in [0.1, 0.15) is 43.7 Å². The molecule has 3 aromatic rings. The van der Waals surface area contributed by atoms with Crippen molar-refractivity contribution in [3.63, 3.8) is 0 Å². The average molecular weight is 451 g/mol. The lowest BCUT2D eigenvalue weighted by Gasteiger charge is -2.42. The van der Waals surface area contributed by atoms with Gasteiger partial charge in [0.25, 0.3) is 5.19 Å². The van der Waals surface area contributed by atoms with E-state index in [4.69, 9.17) is 4.74 Å². The number of pyridine rings is 1. The Balaban J connectivity index is 1.15. The zero-order valence-electron chi connectivity index (χ0n) is 19.0. The Morgan fingerprint density at radius 3 is 2.62 bits per heavy atom. The number of amides is 1. The molecule has 7 heteroatoms. The fourth-order valence-corrected chi connectivity index (χ4v) is 6.17. The van der Waals surface area contributed by atoms with E-state index in [1.165, 1.54) is 29.7 Å². The van der Waals surface area contributed by atoms with Crippen molar-refractivity contribution in [3.8, 4) is 10.9 Å². The van der Waals surface area contributed by atoms with Crippen LogP contribution in [0.25, 0.3) is 10.3 Å². The molecule has 1 amide bonds. The molecule has 0 aliphatic carbocycles. The minimum Gasteiger partial charge on any atom is -0.431 e. The van der Waals surface area contributed by atoms with E-state index in [1.54, 1.807) is 6.92 Å². The van der Waals surface area contributed by atoms with Crippen molar-refractivity contribution in [3.05, 3.63) is 47.7 Å². The highest BCUT2D eigenvalue weighted by atomic mass is 32.1. The summed E-state index contributed by atoms with van der Waals surface area (Å²) in [5, 5.41) is 0.622. The maximum absolute atomic E-state index is 11.9. The van der Waals surface area contributed by atoms with E-state index in [0.717, 1.165) is 47.5 Å². The number of nitrogens with zero attached hydrogens (tertiary/aromatic N) is 4. The lowest BCUT2D eigenvalue weighted by Crippen LogP contribution is -2.51. The van der Waals surface area contributed by atoms with Crippen molar-refractivity contribution in [1.82, 2.24) is 19.8 Å². The minimum absolute atomic E-state index is 0.248. The summed E-state index contributed by atoms with van der Waals surface area (Å²) in [6.45, 7) is 4.77. The SMILES string of the molecule is CC(=O)N1[C@@H]2CC[C@H]1CC(N(C)CCc1ccc(Oc3nc4ncc(C)cc4s3)cc1)C2. The van der Waals surface area contributed by atoms with Crippen molar-refractivity contribution in [1.29, 1.82) is 0 Å². The number of aromatic nitrogens is 2. The normalized spacial score (nSPS) is 22.6. The lowest BCUT2D eigenvalue weighted by atomic mass is 9.95. The number of fused-ring (bicyclic) bond motifs is 3. The van der Waals surface area contributed by atoms with Gasteiger partial charge < -0.3 is 14.5 Å². The molecule has 2 aromatic heterocycles. The number of rotatable bonds is 6. The molecule has 2 saturated heterocycles. The van der Waals surface area contributed by atoms with Crippen LogP contribution in [0.5, 0.6) is 10.9 Å². The van der Waals surface area contributed by atoms with E-state index in [2.05, 4.69) is 45.0 Å². The van der Waals surface area contributed by atoms with E-state index in [9.17, 15) is 4.79 Å². The molecular weight excluding hydrogens is 420 g/mol. The smallest absolute Gasteiger partial charge is 0.281 e. The molecule has 0 radical (unpaired) electrons. The topological polar surface area (TPSA) is 58.6 Å². The molecule has 2 aliphatic heterocycles. The number of piperidine rings is 1. The van der Waals surface area contributed by atoms with Crippen LogP contribution >= 0.6 is 11.3 Å². The average Bonchev–Trinajstić information content (AvgIpc) is 3.29. The molecule has 32 heavy (non-hydrogen) atoms. The molecule has 5 rings (SSSR count). The number of carbonyl (C=O) groups is 1. The summed E-state index contributed by atoms with van der Waals surface area (Å²) in [4.78, 5) is 25.4. The third kappa shape index (κ3) is 4.36. The summed E-state index contributed by atoms with van der Waals surface area (Å²) < 4.78 is 7.01. The number of aryl methyl sites for hydroxylation is 1. The Bertz CT molecular complexity index is 1100. The second-order valence-electron chi connectivity index (χ2n) is 9.23. The number of hydrogen-bond acceptors (Lipinski definition) is 6. The summed E-state index contributed by atoms with van der Waals surface area (Å²) >= 11 is 1.52. The third-order valence-electron chi connectivity index (χ3n) is 6.94. The van der Waals surface area contributed by atoms with Gasteiger partial charge in [0.2, 0.25) is 5.91 Å². The molecule has 6 nitrogen and oxygen atoms in total. The second kappa shape index (κ2) is 8.79. The van der Waals surface area contributed by atoms with Gasteiger partial charge >= 0.3 is 0 Å². The van der Waals surface area contributed by atoms with Gasteiger partial charge in [-0.3, -0.25) is 4.79 Å². The first-order chi connectivity index (χ1) is 15.5. The monoisotopic (exact) mass is 450 g/mol. The van der Waals surface area contributed by atoms with Crippen molar-refractivity contribution >= 4 is 27.6 Å². The van der Waals surface area contributed by atoms with Gasteiger partial charge in [-0.15, -0.1) is 0 Å². The first-order valence-electron chi connectivity index (χ1n) is 11.5. The molecule has 1 unspecified atom stereocenters. The third-order valence-corrected chi connectivity index (χ3v) is 7.81. The van der Waals surface area contributed by atoms with E-state index < -0.39 is 0 Å². The van der Waals surface area contributed by atoms with Crippen molar-refractivity contribution in [2.75, 3.05) is 13.6 Å². The van der Waals surface area contributed by atoms with Crippen LogP contribution in [0.4, 0.5) is 0 Å². The van der Waals surface area contributed by atoms with Crippen LogP contribution in [0.3, 0.4) is 0 Å². The first kappa shape index (κ1) is 21.3. The van der Waals surface area contributed by atoms with Crippen molar-refractivity contribution in [2.45, 2.75) is 64.1 Å². The molecule has 1 aromatic carbocycles. The Hall–Kier alpha value is -2.51. The maximum atomic E-state index is 11.9. The highest BCUT2D eigenvalue weighted by Crippen LogP contribution is 2.37. The quantitative estimate of drug-likeness (QED) is 0.539. The van der Waals surface area contributed by atoms with Gasteiger partial charge in [-0.1, -0.05) is 23.5 Å². The van der Waals surface area contributed by atoms with E-state index in [1.807, 2.05) is 25.3 Å². The second-order valence-corrected chi connectivity index (χ2v) is 10.2. The number of ether oxygens (including phenoxy) is 1. The van der Waals surface area contributed by atoms with Crippen LogP contribution in [0.2, 0.25) is 0 Å². The molecule has 0 spiro atoms. The summed E-state index contributed by atoms with van der Waals surface area (Å²) in [6, 6.07) is 11.9. The van der Waals surface area contributed by atoms with Crippen LogP contribution < -0.4 is 4.74 Å². The molecule has 3 atom stereocenters. The summed E-state index contributed by atoms with van der Waals surface area (Å²) in [6.07, 6.45) is 7.38. The molecular formula is C25H30N4O2S. The van der Waals surface area contributed by atoms with Gasteiger partial charge in [-0.25, -0.2) is 4.98 Å². The Morgan fingerprint density at radius 1 is 1.22 bits per heavy atom. The largest absolute Gasteiger partial charge is 0.431 e. The van der Waals surface area contributed by atoms with Gasteiger partial charge in [-0.2, -0.15) is 4.98 Å². The predicted octanol–water partition coefficient (Wildman–Crippen LogP) is 4.81. The first-order valence-corrected chi connectivity index (χ1v) is 12.3. The Kier molecular flexibility index (Phi) is 5.86. The van der Waals surface area contributed by atoms with Gasteiger partial charge in [0.1, 0.15) is 5.75 Å². The van der Waals surface area contributed by atoms with Crippen molar-refractivity contribution in [2.24, 2.45) is 0 Å². The fourth-order valence-electron chi connectivity index (χ4n) is 5.28.